The fourth-order valence-electron chi connectivity index (χ4n) is 3.72. The molecule has 1 atom stereocenters. The SMILES string of the molecule is Cc1cc(I)cc(C2(C(F)(F)F)CC(c3ccc(Cl)c(N(NC(=O)C(C)(C)CI)C(=O)OC(C)(C)C)c3)=NO2)c1. The Morgan fingerprint density at radius 1 is 1.15 bits per heavy atom. The van der Waals surface area contributed by atoms with Crippen molar-refractivity contribution in [3.8, 4) is 0 Å². The lowest BCUT2D eigenvalue weighted by Crippen LogP contribution is -2.52. The van der Waals surface area contributed by atoms with Crippen LogP contribution in [0, 0.1) is 15.9 Å². The lowest BCUT2D eigenvalue weighted by molar-refractivity contribution is -0.275. The number of hydrogen-bond donors (Lipinski definition) is 1. The van der Waals surface area contributed by atoms with E-state index < -0.39 is 41.2 Å². The Balaban J connectivity index is 2.06. The molecular formula is C27H29ClF3I2N3O4. The van der Waals surface area contributed by atoms with Crippen LogP contribution in [0.2, 0.25) is 5.02 Å². The second-order valence-corrected chi connectivity index (χ2v) is 13.5. The molecule has 1 N–H and O–H groups in total. The first-order chi connectivity index (χ1) is 18.3. The number of hydrogen-bond acceptors (Lipinski definition) is 5. The van der Waals surface area contributed by atoms with Crippen LogP contribution in [0.4, 0.5) is 23.7 Å². The van der Waals surface area contributed by atoms with Gasteiger partial charge < -0.3 is 9.57 Å². The molecule has 0 spiro atoms. The lowest BCUT2D eigenvalue weighted by atomic mass is 9.86. The smallest absolute Gasteiger partial charge is 0.435 e. The van der Waals surface area contributed by atoms with Crippen LogP contribution >= 0.6 is 56.8 Å². The summed E-state index contributed by atoms with van der Waals surface area (Å²) in [6, 6.07) is 8.86. The van der Waals surface area contributed by atoms with E-state index in [1.54, 1.807) is 47.6 Å². The highest BCUT2D eigenvalue weighted by molar-refractivity contribution is 14.1. The van der Waals surface area contributed by atoms with Crippen LogP contribution in [0.5, 0.6) is 0 Å². The molecule has 0 aliphatic carbocycles. The number of carbonyl (C=O) groups excluding carboxylic acids is 2. The molecule has 7 nitrogen and oxygen atoms in total. The van der Waals surface area contributed by atoms with Gasteiger partial charge in [0.05, 0.1) is 21.8 Å². The molecule has 0 saturated carbocycles. The van der Waals surface area contributed by atoms with Gasteiger partial charge in [0.2, 0.25) is 5.91 Å². The third-order valence-corrected chi connectivity index (χ3v) is 8.80. The van der Waals surface area contributed by atoms with Crippen molar-refractivity contribution < 1.29 is 32.3 Å². The molecule has 0 fully saturated rings. The molecule has 0 saturated heterocycles. The molecule has 40 heavy (non-hydrogen) atoms. The Bertz CT molecular complexity index is 1330. The van der Waals surface area contributed by atoms with Gasteiger partial charge in [0.25, 0.3) is 5.60 Å². The first-order valence-electron chi connectivity index (χ1n) is 12.1. The number of hydrazine groups is 1. The van der Waals surface area contributed by atoms with Crippen LogP contribution in [0.25, 0.3) is 0 Å². The number of nitrogens with zero attached hydrogens (tertiary/aromatic N) is 2. The van der Waals surface area contributed by atoms with Crippen molar-refractivity contribution in [1.29, 1.82) is 0 Å². The molecule has 218 valence electrons. The van der Waals surface area contributed by atoms with E-state index in [4.69, 9.17) is 21.2 Å². The van der Waals surface area contributed by atoms with Gasteiger partial charge in [0, 0.05) is 25.5 Å². The molecular weight excluding hydrogens is 777 g/mol. The summed E-state index contributed by atoms with van der Waals surface area (Å²) >= 11 is 10.5. The number of anilines is 1. The van der Waals surface area contributed by atoms with E-state index in [2.05, 4.69) is 33.2 Å². The number of benzene rings is 2. The van der Waals surface area contributed by atoms with Gasteiger partial charge in [-0.1, -0.05) is 65.3 Å². The monoisotopic (exact) mass is 805 g/mol. The maximum atomic E-state index is 14.5. The third-order valence-electron chi connectivity index (χ3n) is 5.95. The van der Waals surface area contributed by atoms with Gasteiger partial charge in [-0.25, -0.2) is 4.79 Å². The lowest BCUT2D eigenvalue weighted by Gasteiger charge is -2.31. The van der Waals surface area contributed by atoms with Gasteiger partial charge >= 0.3 is 12.3 Å². The van der Waals surface area contributed by atoms with E-state index in [0.717, 1.165) is 5.01 Å². The first kappa shape index (κ1) is 32.7. The molecule has 3 rings (SSSR count). The van der Waals surface area contributed by atoms with Crippen LogP contribution < -0.4 is 10.4 Å². The number of carbonyl (C=O) groups is 2. The second-order valence-electron chi connectivity index (χ2n) is 11.1. The molecule has 2 aromatic rings. The summed E-state index contributed by atoms with van der Waals surface area (Å²) < 4.78 is 50.2. The number of ether oxygens (including phenoxy) is 1. The fraction of sp³-hybridized carbons (Fsp3) is 0.444. The molecule has 1 unspecified atom stereocenters. The van der Waals surface area contributed by atoms with E-state index in [1.165, 1.54) is 30.3 Å². The maximum absolute atomic E-state index is 14.5. The molecule has 0 aromatic heterocycles. The first-order valence-corrected chi connectivity index (χ1v) is 15.1. The van der Waals surface area contributed by atoms with Gasteiger partial charge in [-0.3, -0.25) is 10.2 Å². The van der Waals surface area contributed by atoms with E-state index in [1.807, 2.05) is 22.6 Å². The van der Waals surface area contributed by atoms with Crippen molar-refractivity contribution in [1.82, 2.24) is 5.43 Å². The Kier molecular flexibility index (Phi) is 9.66. The van der Waals surface area contributed by atoms with E-state index in [-0.39, 0.29) is 27.5 Å². The minimum absolute atomic E-state index is 0.00309. The quantitative estimate of drug-likeness (QED) is 0.189. The zero-order valence-corrected chi connectivity index (χ0v) is 27.7. The fourth-order valence-corrected chi connectivity index (χ4v) is 5.09. The molecule has 1 aliphatic heterocycles. The van der Waals surface area contributed by atoms with Crippen molar-refractivity contribution in [2.45, 2.75) is 65.3 Å². The van der Waals surface area contributed by atoms with Crippen molar-refractivity contribution in [2.75, 3.05) is 9.44 Å². The van der Waals surface area contributed by atoms with Crippen LogP contribution in [0.3, 0.4) is 0 Å². The molecule has 1 aliphatic rings. The highest BCUT2D eigenvalue weighted by Gasteiger charge is 2.62. The summed E-state index contributed by atoms with van der Waals surface area (Å²) in [4.78, 5) is 31.4. The Morgan fingerprint density at radius 3 is 2.35 bits per heavy atom. The Labute approximate surface area is 263 Å². The standard InChI is InChI=1S/C27H29ClF3I2N3O4/c1-15-9-17(12-18(33)10-15)26(27(29,30)31)13-20(35-40-26)16-7-8-19(28)21(11-16)36(23(38)39-24(2,3)4)34-22(37)25(5,6)14-32/h7-12H,13-14H2,1-6H3,(H,34,37). The van der Waals surface area contributed by atoms with Crippen LogP contribution in [-0.2, 0) is 20.0 Å². The summed E-state index contributed by atoms with van der Waals surface area (Å²) in [5.74, 6) is -0.485. The van der Waals surface area contributed by atoms with Gasteiger partial charge in [0.1, 0.15) is 5.60 Å². The topological polar surface area (TPSA) is 80.2 Å². The summed E-state index contributed by atoms with van der Waals surface area (Å²) in [5, 5.41) is 4.76. The number of rotatable bonds is 5. The molecule has 2 amide bonds. The molecule has 2 aromatic carbocycles. The number of alkyl halides is 4. The minimum atomic E-state index is -4.79. The van der Waals surface area contributed by atoms with E-state index in [9.17, 15) is 22.8 Å². The number of amides is 2. The van der Waals surface area contributed by atoms with Gasteiger partial charge in [-0.2, -0.15) is 18.2 Å². The van der Waals surface area contributed by atoms with Crippen molar-refractivity contribution in [3.05, 3.63) is 61.7 Å². The highest BCUT2D eigenvalue weighted by Crippen LogP contribution is 2.49. The number of nitrogens with one attached hydrogen (secondary N) is 1. The zero-order chi connectivity index (χ0) is 30.3. The zero-order valence-electron chi connectivity index (χ0n) is 22.7. The van der Waals surface area contributed by atoms with E-state index in [0.29, 0.717) is 13.6 Å². The van der Waals surface area contributed by atoms with Gasteiger partial charge in [-0.05, 0) is 80.1 Å². The largest absolute Gasteiger partial charge is 0.442 e. The average Bonchev–Trinajstić information content (AvgIpc) is 3.28. The summed E-state index contributed by atoms with van der Waals surface area (Å²) in [6.45, 7) is 10.1. The van der Waals surface area contributed by atoms with Crippen LogP contribution in [0.1, 0.15) is 57.7 Å². The minimum Gasteiger partial charge on any atom is -0.442 e. The van der Waals surface area contributed by atoms with Crippen molar-refractivity contribution >= 4 is 80.2 Å². The van der Waals surface area contributed by atoms with Gasteiger partial charge in [0.15, 0.2) is 0 Å². The third kappa shape index (κ3) is 7.15. The summed E-state index contributed by atoms with van der Waals surface area (Å²) in [7, 11) is 0. The Morgan fingerprint density at radius 2 is 1.80 bits per heavy atom. The van der Waals surface area contributed by atoms with Gasteiger partial charge in [-0.15, -0.1) is 0 Å². The average molecular weight is 806 g/mol. The summed E-state index contributed by atoms with van der Waals surface area (Å²) in [6.07, 6.45) is -6.32. The maximum Gasteiger partial charge on any atom is 0.435 e. The van der Waals surface area contributed by atoms with Crippen molar-refractivity contribution in [2.24, 2.45) is 10.6 Å². The normalized spacial score (nSPS) is 17.6. The number of aryl methyl sites for hydroxylation is 1. The van der Waals surface area contributed by atoms with Crippen LogP contribution in [-0.4, -0.2) is 33.9 Å². The number of oxime groups is 1. The summed E-state index contributed by atoms with van der Waals surface area (Å²) in [5.41, 5.74) is -1.10. The highest BCUT2D eigenvalue weighted by atomic mass is 127. The predicted octanol–water partition coefficient (Wildman–Crippen LogP) is 8.07. The molecule has 13 heteroatoms. The molecule has 1 heterocycles. The molecule has 0 radical (unpaired) electrons. The second kappa shape index (κ2) is 11.8. The van der Waals surface area contributed by atoms with E-state index >= 15 is 0 Å². The van der Waals surface area contributed by atoms with Crippen molar-refractivity contribution in [3.63, 3.8) is 0 Å². The number of halogens is 6. The van der Waals surface area contributed by atoms with Crippen LogP contribution in [0.15, 0.2) is 41.6 Å². The Hall–Kier alpha value is -1.81. The predicted molar refractivity (Wildman–Crippen MR) is 165 cm³/mol. The molecule has 0 bridgehead atoms.